The molecule has 0 heterocycles. The fourth-order valence-corrected chi connectivity index (χ4v) is 1.07. The summed E-state index contributed by atoms with van der Waals surface area (Å²) in [6.07, 6.45) is 9.18. The molecule has 1 atom stereocenters. The van der Waals surface area contributed by atoms with Crippen molar-refractivity contribution < 1.29 is 0 Å². The smallest absolute Gasteiger partial charge is 0.0223 e. The first kappa shape index (κ1) is 10.6. The molecule has 0 radical (unpaired) electrons. The lowest BCUT2D eigenvalue weighted by Gasteiger charge is -2.28. The van der Waals surface area contributed by atoms with Crippen LogP contribution in [0.1, 0.15) is 47.0 Å². The molecule has 0 N–H and O–H groups in total. The van der Waals surface area contributed by atoms with Gasteiger partial charge in [-0.05, 0) is 11.8 Å². The van der Waals surface area contributed by atoms with Crippen LogP contribution in [0.4, 0.5) is 0 Å². The second kappa shape index (κ2) is 4.44. The first-order valence-corrected chi connectivity index (χ1v) is 4.50. The van der Waals surface area contributed by atoms with Crippen LogP contribution in [0.3, 0.4) is 0 Å². The van der Waals surface area contributed by atoms with Gasteiger partial charge in [0.05, 0.1) is 0 Å². The van der Waals surface area contributed by atoms with E-state index < -0.39 is 0 Å². The molecule has 0 aromatic rings. The highest BCUT2D eigenvalue weighted by atomic mass is 14.3. The van der Waals surface area contributed by atoms with Crippen molar-refractivity contribution in [3.05, 3.63) is 0 Å². The highest BCUT2D eigenvalue weighted by molar-refractivity contribution is 4.97. The molecule has 0 saturated carbocycles. The summed E-state index contributed by atoms with van der Waals surface area (Å²) in [5, 5.41) is 0. The SMILES string of the molecule is C#CC(C)C(C)(C)CCCC. The molecule has 64 valence electrons. The van der Waals surface area contributed by atoms with Crippen LogP contribution < -0.4 is 0 Å². The summed E-state index contributed by atoms with van der Waals surface area (Å²) in [7, 11) is 0. The first-order valence-electron chi connectivity index (χ1n) is 4.50. The molecule has 0 heteroatoms. The summed E-state index contributed by atoms with van der Waals surface area (Å²) in [4.78, 5) is 0. The molecule has 0 aliphatic carbocycles. The maximum absolute atomic E-state index is 5.38. The third kappa shape index (κ3) is 3.46. The summed E-state index contributed by atoms with van der Waals surface area (Å²) in [5.74, 6) is 3.21. The van der Waals surface area contributed by atoms with Crippen molar-refractivity contribution in [2.24, 2.45) is 11.3 Å². The fraction of sp³-hybridized carbons (Fsp3) is 0.818. The van der Waals surface area contributed by atoms with Crippen molar-refractivity contribution in [3.8, 4) is 12.3 Å². The lowest BCUT2D eigenvalue weighted by molar-refractivity contribution is 0.255. The van der Waals surface area contributed by atoms with Crippen LogP contribution in [0.15, 0.2) is 0 Å². The summed E-state index contributed by atoms with van der Waals surface area (Å²) in [5.41, 5.74) is 0.324. The maximum atomic E-state index is 5.38. The van der Waals surface area contributed by atoms with Crippen LogP contribution in [-0.2, 0) is 0 Å². The van der Waals surface area contributed by atoms with Crippen LogP contribution in [0.5, 0.6) is 0 Å². The maximum Gasteiger partial charge on any atom is 0.0223 e. The first-order chi connectivity index (χ1) is 5.04. The number of hydrogen-bond donors (Lipinski definition) is 0. The molecule has 0 aromatic heterocycles. The molecule has 0 aliphatic rings. The summed E-state index contributed by atoms with van der Waals surface area (Å²) in [6.45, 7) is 8.87. The molecule has 0 aromatic carbocycles. The van der Waals surface area contributed by atoms with Gasteiger partial charge < -0.3 is 0 Å². The van der Waals surface area contributed by atoms with Crippen LogP contribution >= 0.6 is 0 Å². The summed E-state index contributed by atoms with van der Waals surface area (Å²) in [6, 6.07) is 0. The van der Waals surface area contributed by atoms with E-state index in [0.717, 1.165) is 0 Å². The Labute approximate surface area is 71.4 Å². The standard InChI is InChI=1S/C11H20/c1-6-8-9-11(4,5)10(3)7-2/h2,10H,6,8-9H2,1,3-5H3. The van der Waals surface area contributed by atoms with Gasteiger partial charge in [0.2, 0.25) is 0 Å². The Morgan fingerprint density at radius 1 is 1.45 bits per heavy atom. The summed E-state index contributed by atoms with van der Waals surface area (Å²) >= 11 is 0. The molecular weight excluding hydrogens is 132 g/mol. The van der Waals surface area contributed by atoms with Crippen LogP contribution in [0.25, 0.3) is 0 Å². The van der Waals surface area contributed by atoms with Gasteiger partial charge in [0.15, 0.2) is 0 Å². The van der Waals surface area contributed by atoms with Crippen LogP contribution in [-0.4, -0.2) is 0 Å². The monoisotopic (exact) mass is 152 g/mol. The number of unbranched alkanes of at least 4 members (excludes halogenated alkanes) is 1. The Bertz CT molecular complexity index is 137. The largest absolute Gasteiger partial charge is 0.120 e. The Balaban J connectivity index is 3.90. The predicted octanol–water partition coefficient (Wildman–Crippen LogP) is 3.47. The van der Waals surface area contributed by atoms with E-state index in [0.29, 0.717) is 11.3 Å². The highest BCUT2D eigenvalue weighted by Crippen LogP contribution is 2.31. The number of terminal acetylenes is 1. The molecule has 11 heavy (non-hydrogen) atoms. The van der Waals surface area contributed by atoms with Gasteiger partial charge in [-0.3, -0.25) is 0 Å². The molecule has 0 bridgehead atoms. The van der Waals surface area contributed by atoms with Gasteiger partial charge in [-0.2, -0.15) is 0 Å². The van der Waals surface area contributed by atoms with Crippen molar-refractivity contribution in [2.75, 3.05) is 0 Å². The van der Waals surface area contributed by atoms with E-state index in [-0.39, 0.29) is 0 Å². The molecular formula is C11H20. The Morgan fingerprint density at radius 3 is 2.36 bits per heavy atom. The van der Waals surface area contributed by atoms with Gasteiger partial charge in [-0.1, -0.05) is 40.5 Å². The van der Waals surface area contributed by atoms with E-state index in [1.54, 1.807) is 0 Å². The van der Waals surface area contributed by atoms with Crippen LogP contribution in [0.2, 0.25) is 0 Å². The molecule has 0 spiro atoms. The van der Waals surface area contributed by atoms with Crippen molar-refractivity contribution >= 4 is 0 Å². The van der Waals surface area contributed by atoms with Gasteiger partial charge in [-0.15, -0.1) is 12.3 Å². The Hall–Kier alpha value is -0.440. The summed E-state index contributed by atoms with van der Waals surface area (Å²) < 4.78 is 0. The van der Waals surface area contributed by atoms with Crippen molar-refractivity contribution in [1.82, 2.24) is 0 Å². The van der Waals surface area contributed by atoms with Crippen molar-refractivity contribution in [2.45, 2.75) is 47.0 Å². The lowest BCUT2D eigenvalue weighted by atomic mass is 9.76. The zero-order valence-corrected chi connectivity index (χ0v) is 8.28. The normalized spacial score (nSPS) is 14.1. The van der Waals surface area contributed by atoms with Crippen molar-refractivity contribution in [3.63, 3.8) is 0 Å². The van der Waals surface area contributed by atoms with E-state index in [1.807, 2.05) is 0 Å². The molecule has 0 aliphatic heterocycles. The molecule has 0 saturated heterocycles. The third-order valence-corrected chi connectivity index (χ3v) is 2.60. The second-order valence-electron chi connectivity index (χ2n) is 3.98. The molecule has 0 fully saturated rings. The van der Waals surface area contributed by atoms with Gasteiger partial charge in [-0.25, -0.2) is 0 Å². The van der Waals surface area contributed by atoms with E-state index in [1.165, 1.54) is 19.3 Å². The number of hydrogen-bond acceptors (Lipinski definition) is 0. The zero-order valence-electron chi connectivity index (χ0n) is 8.28. The highest BCUT2D eigenvalue weighted by Gasteiger charge is 2.22. The quantitative estimate of drug-likeness (QED) is 0.541. The number of rotatable bonds is 4. The lowest BCUT2D eigenvalue weighted by Crippen LogP contribution is -2.19. The fourth-order valence-electron chi connectivity index (χ4n) is 1.07. The molecule has 0 amide bonds. The van der Waals surface area contributed by atoms with Gasteiger partial charge >= 0.3 is 0 Å². The Kier molecular flexibility index (Phi) is 4.26. The van der Waals surface area contributed by atoms with Crippen molar-refractivity contribution in [1.29, 1.82) is 0 Å². The van der Waals surface area contributed by atoms with E-state index in [9.17, 15) is 0 Å². The van der Waals surface area contributed by atoms with Gasteiger partial charge in [0, 0.05) is 5.92 Å². The minimum absolute atomic E-state index is 0.324. The average Bonchev–Trinajstić information content (AvgIpc) is 1.99. The van der Waals surface area contributed by atoms with E-state index in [4.69, 9.17) is 6.42 Å². The molecule has 0 rings (SSSR count). The second-order valence-corrected chi connectivity index (χ2v) is 3.98. The minimum atomic E-state index is 0.324. The van der Waals surface area contributed by atoms with Gasteiger partial charge in [0.1, 0.15) is 0 Å². The zero-order chi connectivity index (χ0) is 8.91. The van der Waals surface area contributed by atoms with E-state index >= 15 is 0 Å². The third-order valence-electron chi connectivity index (χ3n) is 2.60. The topological polar surface area (TPSA) is 0 Å². The van der Waals surface area contributed by atoms with E-state index in [2.05, 4.69) is 33.6 Å². The predicted molar refractivity (Wildman–Crippen MR) is 51.3 cm³/mol. The van der Waals surface area contributed by atoms with Gasteiger partial charge in [0.25, 0.3) is 0 Å². The Morgan fingerprint density at radius 2 is 2.00 bits per heavy atom. The molecule has 1 unspecified atom stereocenters. The minimum Gasteiger partial charge on any atom is -0.120 e. The average molecular weight is 152 g/mol. The molecule has 0 nitrogen and oxygen atoms in total. The van der Waals surface area contributed by atoms with Crippen LogP contribution in [0, 0.1) is 23.7 Å².